The van der Waals surface area contributed by atoms with Gasteiger partial charge in [0.25, 0.3) is 0 Å². The molecule has 1 saturated carbocycles. The fourth-order valence-electron chi connectivity index (χ4n) is 2.77. The molecule has 0 bridgehead atoms. The summed E-state index contributed by atoms with van der Waals surface area (Å²) in [7, 11) is 0. The van der Waals surface area contributed by atoms with E-state index in [1.807, 2.05) is 11.8 Å². The van der Waals surface area contributed by atoms with E-state index in [-0.39, 0.29) is 0 Å². The number of hydrogen-bond acceptors (Lipinski definition) is 4. The first-order valence-corrected chi connectivity index (χ1v) is 9.04. The predicted molar refractivity (Wildman–Crippen MR) is 87.5 cm³/mol. The second-order valence-electron chi connectivity index (χ2n) is 5.64. The van der Waals surface area contributed by atoms with Crippen molar-refractivity contribution in [2.45, 2.75) is 63.8 Å². The molecule has 0 atom stereocenters. The van der Waals surface area contributed by atoms with E-state index in [1.165, 1.54) is 42.0 Å². The molecular formula is C16H27N3S. The second kappa shape index (κ2) is 8.50. The van der Waals surface area contributed by atoms with Gasteiger partial charge in [-0.05, 0) is 31.6 Å². The maximum absolute atomic E-state index is 4.54. The Bertz CT molecular complexity index is 403. The third-order valence-corrected chi connectivity index (χ3v) is 5.14. The van der Waals surface area contributed by atoms with Gasteiger partial charge in [-0.25, -0.2) is 9.97 Å². The van der Waals surface area contributed by atoms with Crippen LogP contribution in [0.3, 0.4) is 0 Å². The van der Waals surface area contributed by atoms with Crippen LogP contribution in [0.2, 0.25) is 0 Å². The first kappa shape index (κ1) is 15.6. The SMILES string of the molecule is CCCNc1ncnc(SCC2CCCC2)c1CCC. The summed E-state index contributed by atoms with van der Waals surface area (Å²) in [6.07, 6.45) is 10.7. The summed E-state index contributed by atoms with van der Waals surface area (Å²) < 4.78 is 0. The van der Waals surface area contributed by atoms with Gasteiger partial charge in [0.05, 0.1) is 0 Å². The second-order valence-corrected chi connectivity index (χ2v) is 6.65. The van der Waals surface area contributed by atoms with Gasteiger partial charge in [0.1, 0.15) is 17.2 Å². The van der Waals surface area contributed by atoms with Crippen LogP contribution in [-0.2, 0) is 6.42 Å². The predicted octanol–water partition coefficient (Wildman–Crippen LogP) is 4.53. The molecule has 0 radical (unpaired) electrons. The molecule has 0 amide bonds. The fraction of sp³-hybridized carbons (Fsp3) is 0.750. The molecule has 3 nitrogen and oxygen atoms in total. The summed E-state index contributed by atoms with van der Waals surface area (Å²) in [5, 5.41) is 4.65. The van der Waals surface area contributed by atoms with Gasteiger partial charge in [-0.15, -0.1) is 11.8 Å². The molecule has 1 N–H and O–H groups in total. The number of nitrogens with zero attached hydrogens (tertiary/aromatic N) is 2. The fourth-order valence-corrected chi connectivity index (χ4v) is 3.99. The Morgan fingerprint density at radius 1 is 1.20 bits per heavy atom. The maximum Gasteiger partial charge on any atom is 0.133 e. The molecule has 0 aromatic carbocycles. The van der Waals surface area contributed by atoms with Gasteiger partial charge in [0.2, 0.25) is 0 Å². The van der Waals surface area contributed by atoms with Crippen molar-refractivity contribution in [3.63, 3.8) is 0 Å². The number of thioether (sulfide) groups is 1. The molecule has 1 aliphatic carbocycles. The van der Waals surface area contributed by atoms with Crippen molar-refractivity contribution in [1.29, 1.82) is 0 Å². The van der Waals surface area contributed by atoms with Crippen LogP contribution in [0.15, 0.2) is 11.4 Å². The number of anilines is 1. The van der Waals surface area contributed by atoms with E-state index < -0.39 is 0 Å². The van der Waals surface area contributed by atoms with Crippen molar-refractivity contribution in [2.75, 3.05) is 17.6 Å². The Kier molecular flexibility index (Phi) is 6.64. The molecule has 1 aliphatic rings. The van der Waals surface area contributed by atoms with Gasteiger partial charge in [-0.1, -0.05) is 33.1 Å². The van der Waals surface area contributed by atoms with E-state index in [0.29, 0.717) is 0 Å². The molecule has 0 spiro atoms. The first-order valence-electron chi connectivity index (χ1n) is 8.05. The summed E-state index contributed by atoms with van der Waals surface area (Å²) in [6, 6.07) is 0. The molecule has 0 saturated heterocycles. The van der Waals surface area contributed by atoms with Crippen LogP contribution < -0.4 is 5.32 Å². The summed E-state index contributed by atoms with van der Waals surface area (Å²) in [5.74, 6) is 3.18. The third-order valence-electron chi connectivity index (χ3n) is 3.88. The van der Waals surface area contributed by atoms with Crippen LogP contribution in [0.1, 0.15) is 57.9 Å². The molecule has 112 valence electrons. The van der Waals surface area contributed by atoms with E-state index >= 15 is 0 Å². The van der Waals surface area contributed by atoms with Gasteiger partial charge in [-0.3, -0.25) is 0 Å². The molecule has 2 rings (SSSR count). The van der Waals surface area contributed by atoms with Gasteiger partial charge in [0.15, 0.2) is 0 Å². The van der Waals surface area contributed by atoms with Gasteiger partial charge in [0, 0.05) is 17.9 Å². The average molecular weight is 293 g/mol. The largest absolute Gasteiger partial charge is 0.370 e. The Balaban J connectivity index is 2.04. The highest BCUT2D eigenvalue weighted by Crippen LogP contribution is 2.33. The summed E-state index contributed by atoms with van der Waals surface area (Å²) in [5.41, 5.74) is 1.33. The van der Waals surface area contributed by atoms with Crippen LogP contribution in [-0.4, -0.2) is 22.3 Å². The van der Waals surface area contributed by atoms with Crippen molar-refractivity contribution in [2.24, 2.45) is 5.92 Å². The molecule has 1 aromatic rings. The lowest BCUT2D eigenvalue weighted by atomic mass is 10.1. The zero-order valence-electron chi connectivity index (χ0n) is 12.8. The van der Waals surface area contributed by atoms with Crippen LogP contribution in [0.4, 0.5) is 5.82 Å². The summed E-state index contributed by atoms with van der Waals surface area (Å²) in [4.78, 5) is 8.98. The van der Waals surface area contributed by atoms with Crippen molar-refractivity contribution in [3.05, 3.63) is 11.9 Å². The Hall–Kier alpha value is -0.770. The lowest BCUT2D eigenvalue weighted by Crippen LogP contribution is -2.08. The van der Waals surface area contributed by atoms with Crippen molar-refractivity contribution in [3.8, 4) is 0 Å². The smallest absolute Gasteiger partial charge is 0.133 e. The van der Waals surface area contributed by atoms with E-state index in [1.54, 1.807) is 6.33 Å². The quantitative estimate of drug-likeness (QED) is 0.564. The minimum atomic E-state index is 0.900. The molecule has 0 aliphatic heterocycles. The minimum absolute atomic E-state index is 0.900. The van der Waals surface area contributed by atoms with Crippen LogP contribution in [0.5, 0.6) is 0 Å². The van der Waals surface area contributed by atoms with Gasteiger partial charge < -0.3 is 5.32 Å². The zero-order valence-corrected chi connectivity index (χ0v) is 13.6. The van der Waals surface area contributed by atoms with E-state index in [0.717, 1.165) is 37.5 Å². The van der Waals surface area contributed by atoms with E-state index in [9.17, 15) is 0 Å². The number of nitrogens with one attached hydrogen (secondary N) is 1. The summed E-state index contributed by atoms with van der Waals surface area (Å²) in [6.45, 7) is 5.39. The number of hydrogen-bond donors (Lipinski definition) is 1. The highest BCUT2D eigenvalue weighted by atomic mass is 32.2. The van der Waals surface area contributed by atoms with Crippen molar-refractivity contribution < 1.29 is 0 Å². The highest BCUT2D eigenvalue weighted by Gasteiger charge is 2.17. The average Bonchev–Trinajstić information content (AvgIpc) is 2.98. The maximum atomic E-state index is 4.54. The topological polar surface area (TPSA) is 37.8 Å². The molecular weight excluding hydrogens is 266 g/mol. The first-order chi connectivity index (χ1) is 9.85. The van der Waals surface area contributed by atoms with Crippen LogP contribution >= 0.6 is 11.8 Å². The molecule has 4 heteroatoms. The number of aromatic nitrogens is 2. The Labute approximate surface area is 127 Å². The van der Waals surface area contributed by atoms with E-state index in [4.69, 9.17) is 0 Å². The van der Waals surface area contributed by atoms with Gasteiger partial charge in [-0.2, -0.15) is 0 Å². The lowest BCUT2D eigenvalue weighted by Gasteiger charge is -2.14. The van der Waals surface area contributed by atoms with Gasteiger partial charge >= 0.3 is 0 Å². The Morgan fingerprint density at radius 2 is 2.00 bits per heavy atom. The monoisotopic (exact) mass is 293 g/mol. The molecule has 20 heavy (non-hydrogen) atoms. The standard InChI is InChI=1S/C16H27N3S/c1-3-7-14-15(17-10-4-2)18-12-19-16(14)20-11-13-8-5-6-9-13/h12-13H,3-11H2,1-2H3,(H,17,18,19). The molecule has 0 unspecified atom stereocenters. The van der Waals surface area contributed by atoms with E-state index in [2.05, 4.69) is 29.1 Å². The lowest BCUT2D eigenvalue weighted by molar-refractivity contribution is 0.622. The highest BCUT2D eigenvalue weighted by molar-refractivity contribution is 7.99. The van der Waals surface area contributed by atoms with Crippen LogP contribution in [0, 0.1) is 5.92 Å². The minimum Gasteiger partial charge on any atom is -0.370 e. The third kappa shape index (κ3) is 4.37. The van der Waals surface area contributed by atoms with Crippen LogP contribution in [0.25, 0.3) is 0 Å². The molecule has 1 aromatic heterocycles. The number of rotatable bonds is 8. The molecule has 1 fully saturated rings. The summed E-state index contributed by atoms with van der Waals surface area (Å²) >= 11 is 1.94. The normalized spacial score (nSPS) is 15.7. The van der Waals surface area contributed by atoms with Crippen molar-refractivity contribution in [1.82, 2.24) is 9.97 Å². The van der Waals surface area contributed by atoms with Crippen molar-refractivity contribution >= 4 is 17.6 Å². The molecule has 1 heterocycles. The Morgan fingerprint density at radius 3 is 2.70 bits per heavy atom. The zero-order chi connectivity index (χ0) is 14.2.